The van der Waals surface area contributed by atoms with Crippen molar-refractivity contribution in [1.29, 1.82) is 0 Å². The number of hydrogen-bond acceptors (Lipinski definition) is 5. The second-order valence-electron chi connectivity index (χ2n) is 10.5. The Hall–Kier alpha value is -3.00. The lowest BCUT2D eigenvalue weighted by molar-refractivity contribution is -0.142. The lowest BCUT2D eigenvalue weighted by atomic mass is 9.95. The second kappa shape index (κ2) is 13.0. The van der Waals surface area contributed by atoms with Crippen LogP contribution in [-0.2, 0) is 14.3 Å². The van der Waals surface area contributed by atoms with E-state index in [2.05, 4.69) is 23.3 Å². The van der Waals surface area contributed by atoms with Gasteiger partial charge in [0.1, 0.15) is 17.7 Å². The molecule has 0 aromatic heterocycles. The zero-order chi connectivity index (χ0) is 27.9. The Morgan fingerprint density at radius 1 is 1.03 bits per heavy atom. The van der Waals surface area contributed by atoms with E-state index >= 15 is 0 Å². The Balaban J connectivity index is 2.57. The van der Waals surface area contributed by atoms with Crippen molar-refractivity contribution < 1.29 is 19.1 Å². The number of rotatable bonds is 9. The summed E-state index contributed by atoms with van der Waals surface area (Å²) in [6, 6.07) is 11.1. The first kappa shape index (κ1) is 30.2. The monoisotopic (exact) mass is 527 g/mol. The fraction of sp³-hybridized carbons (Fsp3) is 0.483. The van der Waals surface area contributed by atoms with Gasteiger partial charge in [0.2, 0.25) is 5.91 Å². The van der Waals surface area contributed by atoms with Crippen LogP contribution >= 0.6 is 12.6 Å². The molecule has 0 aliphatic rings. The van der Waals surface area contributed by atoms with Crippen molar-refractivity contribution in [3.8, 4) is 0 Å². The van der Waals surface area contributed by atoms with Crippen LogP contribution in [0.2, 0.25) is 0 Å². The highest BCUT2D eigenvalue weighted by Crippen LogP contribution is 2.30. The predicted molar refractivity (Wildman–Crippen MR) is 152 cm³/mol. The van der Waals surface area contributed by atoms with Crippen LogP contribution in [0.4, 0.5) is 10.5 Å². The van der Waals surface area contributed by atoms with Crippen LogP contribution in [0.5, 0.6) is 0 Å². The van der Waals surface area contributed by atoms with Crippen molar-refractivity contribution in [3.05, 3.63) is 64.7 Å². The van der Waals surface area contributed by atoms with Crippen LogP contribution in [0.3, 0.4) is 0 Å². The number of benzene rings is 2. The number of nitrogens with one attached hydrogen (secondary N) is 2. The van der Waals surface area contributed by atoms with Crippen LogP contribution in [0.25, 0.3) is 0 Å². The summed E-state index contributed by atoms with van der Waals surface area (Å²) in [6.45, 7) is 15.0. The van der Waals surface area contributed by atoms with Gasteiger partial charge in [-0.15, -0.1) is 0 Å². The van der Waals surface area contributed by atoms with Gasteiger partial charge in [-0.25, -0.2) is 4.79 Å². The highest BCUT2D eigenvalue weighted by Gasteiger charge is 2.38. The summed E-state index contributed by atoms with van der Waals surface area (Å²) >= 11 is 4.35. The Kier molecular flexibility index (Phi) is 10.6. The number of hydrogen-bond donors (Lipinski definition) is 3. The molecule has 2 aromatic carbocycles. The molecule has 0 aliphatic carbocycles. The summed E-state index contributed by atoms with van der Waals surface area (Å²) in [7, 11) is 0. The van der Waals surface area contributed by atoms with Crippen LogP contribution in [-0.4, -0.2) is 46.2 Å². The van der Waals surface area contributed by atoms with E-state index in [0.717, 1.165) is 22.3 Å². The van der Waals surface area contributed by atoms with Gasteiger partial charge in [-0.1, -0.05) is 48.9 Å². The van der Waals surface area contributed by atoms with Crippen LogP contribution in [0.15, 0.2) is 42.5 Å². The molecule has 0 saturated carbocycles. The Morgan fingerprint density at radius 2 is 1.68 bits per heavy atom. The van der Waals surface area contributed by atoms with E-state index in [1.54, 1.807) is 25.7 Å². The SMILES string of the molecule is CCC(C)N(C(=O)C(CS)NC(=O)OC(C)(C)C)C(C(=O)Nc1ccccc1C)c1ccc(C)cc1C. The number of para-hydroxylation sites is 1. The largest absolute Gasteiger partial charge is 0.444 e. The van der Waals surface area contributed by atoms with Gasteiger partial charge in [-0.3, -0.25) is 9.59 Å². The Bertz CT molecular complexity index is 1110. The molecule has 37 heavy (non-hydrogen) atoms. The lowest BCUT2D eigenvalue weighted by Crippen LogP contribution is -2.55. The molecule has 0 radical (unpaired) electrons. The third-order valence-electron chi connectivity index (χ3n) is 6.14. The van der Waals surface area contributed by atoms with E-state index < -0.39 is 29.7 Å². The minimum Gasteiger partial charge on any atom is -0.444 e. The average Bonchev–Trinajstić information content (AvgIpc) is 2.81. The van der Waals surface area contributed by atoms with Gasteiger partial charge in [0, 0.05) is 17.5 Å². The van der Waals surface area contributed by atoms with Crippen molar-refractivity contribution in [2.45, 2.75) is 85.5 Å². The van der Waals surface area contributed by atoms with Crippen molar-refractivity contribution in [2.24, 2.45) is 0 Å². The Morgan fingerprint density at radius 3 is 2.22 bits per heavy atom. The molecule has 0 saturated heterocycles. The molecular formula is C29H41N3O4S. The first-order chi connectivity index (χ1) is 17.3. The minimum atomic E-state index is -0.980. The first-order valence-electron chi connectivity index (χ1n) is 12.6. The van der Waals surface area contributed by atoms with Gasteiger partial charge in [-0.2, -0.15) is 12.6 Å². The predicted octanol–water partition coefficient (Wildman–Crippen LogP) is 5.74. The zero-order valence-corrected chi connectivity index (χ0v) is 24.1. The van der Waals surface area contributed by atoms with Crippen LogP contribution in [0.1, 0.15) is 69.3 Å². The fourth-order valence-electron chi connectivity index (χ4n) is 4.07. The average molecular weight is 528 g/mol. The maximum atomic E-state index is 14.0. The van der Waals surface area contributed by atoms with Crippen molar-refractivity contribution in [1.82, 2.24) is 10.2 Å². The van der Waals surface area contributed by atoms with E-state index in [4.69, 9.17) is 4.74 Å². The summed E-state index contributed by atoms with van der Waals surface area (Å²) < 4.78 is 5.37. The van der Waals surface area contributed by atoms with Crippen molar-refractivity contribution >= 4 is 36.2 Å². The number of amides is 3. The topological polar surface area (TPSA) is 87.7 Å². The number of thiol groups is 1. The first-order valence-corrected chi connectivity index (χ1v) is 13.3. The summed E-state index contributed by atoms with van der Waals surface area (Å²) in [5, 5.41) is 5.68. The van der Waals surface area contributed by atoms with Gasteiger partial charge in [0.15, 0.2) is 0 Å². The molecule has 0 spiro atoms. The fourth-order valence-corrected chi connectivity index (χ4v) is 4.32. The third-order valence-corrected chi connectivity index (χ3v) is 6.51. The maximum absolute atomic E-state index is 14.0. The van der Waals surface area contributed by atoms with Crippen molar-refractivity contribution in [3.63, 3.8) is 0 Å². The highest BCUT2D eigenvalue weighted by molar-refractivity contribution is 7.80. The summed E-state index contributed by atoms with van der Waals surface area (Å²) in [5.41, 5.74) is 3.54. The van der Waals surface area contributed by atoms with E-state index in [1.807, 2.05) is 77.1 Å². The third kappa shape index (κ3) is 8.25. The molecule has 2 aromatic rings. The van der Waals surface area contributed by atoms with E-state index in [1.165, 1.54) is 0 Å². The standard InChI is InChI=1S/C29H41N3O4S/c1-9-21(5)32(27(34)24(17-37)31-28(35)36-29(6,7)8)25(22-15-14-18(2)16-20(22)4)26(33)30-23-13-11-10-12-19(23)3/h10-16,21,24-25,37H,9,17H2,1-8H3,(H,30,33)(H,31,35). The molecule has 7 nitrogen and oxygen atoms in total. The molecule has 3 atom stereocenters. The van der Waals surface area contributed by atoms with Crippen LogP contribution < -0.4 is 10.6 Å². The van der Waals surface area contributed by atoms with Crippen LogP contribution in [0, 0.1) is 20.8 Å². The molecule has 2 rings (SSSR count). The maximum Gasteiger partial charge on any atom is 0.408 e. The molecule has 0 fully saturated rings. The normalized spacial score (nSPS) is 13.8. The molecule has 0 aliphatic heterocycles. The molecule has 0 heterocycles. The number of ether oxygens (including phenoxy) is 1. The number of aryl methyl sites for hydroxylation is 3. The van der Waals surface area contributed by atoms with E-state index in [9.17, 15) is 14.4 Å². The molecule has 8 heteroatoms. The lowest BCUT2D eigenvalue weighted by Gasteiger charge is -2.38. The molecule has 3 unspecified atom stereocenters. The quantitative estimate of drug-likeness (QED) is 0.363. The number of carbonyl (C=O) groups excluding carboxylic acids is 3. The summed E-state index contributed by atoms with van der Waals surface area (Å²) in [5.74, 6) is -0.686. The summed E-state index contributed by atoms with van der Waals surface area (Å²) in [4.78, 5) is 42.1. The molecule has 0 bridgehead atoms. The number of alkyl carbamates (subject to hydrolysis) is 1. The van der Waals surface area contributed by atoms with E-state index in [-0.39, 0.29) is 17.7 Å². The number of carbonyl (C=O) groups is 3. The highest BCUT2D eigenvalue weighted by atomic mass is 32.1. The number of nitrogens with zero attached hydrogens (tertiary/aromatic N) is 1. The number of anilines is 1. The smallest absolute Gasteiger partial charge is 0.408 e. The van der Waals surface area contributed by atoms with E-state index in [0.29, 0.717) is 12.1 Å². The zero-order valence-electron chi connectivity index (χ0n) is 23.2. The second-order valence-corrected chi connectivity index (χ2v) is 10.8. The Labute approximate surface area is 226 Å². The molecule has 202 valence electrons. The molecule has 3 amide bonds. The van der Waals surface area contributed by atoms with Gasteiger partial charge in [0.05, 0.1) is 0 Å². The van der Waals surface area contributed by atoms with Gasteiger partial charge < -0.3 is 20.3 Å². The van der Waals surface area contributed by atoms with Gasteiger partial charge >= 0.3 is 6.09 Å². The summed E-state index contributed by atoms with van der Waals surface area (Å²) in [6.07, 6.45) is -0.104. The van der Waals surface area contributed by atoms with Gasteiger partial charge in [0.25, 0.3) is 5.91 Å². The molecule has 2 N–H and O–H groups in total. The molecular weight excluding hydrogens is 486 g/mol. The van der Waals surface area contributed by atoms with Crippen molar-refractivity contribution in [2.75, 3.05) is 11.1 Å². The van der Waals surface area contributed by atoms with Gasteiger partial charge in [-0.05, 0) is 77.6 Å². The minimum absolute atomic E-state index is 0.0457.